The van der Waals surface area contributed by atoms with Gasteiger partial charge in [-0.1, -0.05) is 12.1 Å². The first-order valence-corrected chi connectivity index (χ1v) is 5.54. The SMILES string of the molecule is OC(CNCc1cnc2ccccc2n1)C(F)F. The fourth-order valence-electron chi connectivity index (χ4n) is 1.52. The van der Waals surface area contributed by atoms with Gasteiger partial charge in [0.2, 0.25) is 0 Å². The molecule has 96 valence electrons. The van der Waals surface area contributed by atoms with Gasteiger partial charge in [0.25, 0.3) is 6.43 Å². The highest BCUT2D eigenvalue weighted by molar-refractivity contribution is 5.73. The number of aliphatic hydroxyl groups is 1. The summed E-state index contributed by atoms with van der Waals surface area (Å²) in [4.78, 5) is 8.52. The summed E-state index contributed by atoms with van der Waals surface area (Å²) >= 11 is 0. The maximum absolute atomic E-state index is 12.0. The largest absolute Gasteiger partial charge is 0.386 e. The summed E-state index contributed by atoms with van der Waals surface area (Å²) in [6.07, 6.45) is -2.80. The average Bonchev–Trinajstić information content (AvgIpc) is 2.38. The highest BCUT2D eigenvalue weighted by atomic mass is 19.3. The summed E-state index contributed by atoms with van der Waals surface area (Å²) in [5.41, 5.74) is 2.19. The minimum Gasteiger partial charge on any atom is -0.386 e. The number of nitrogens with zero attached hydrogens (tertiary/aromatic N) is 2. The van der Waals surface area contributed by atoms with Crippen molar-refractivity contribution in [3.05, 3.63) is 36.2 Å². The van der Waals surface area contributed by atoms with E-state index >= 15 is 0 Å². The molecule has 0 amide bonds. The Kier molecular flexibility index (Phi) is 4.11. The van der Waals surface area contributed by atoms with Crippen LogP contribution >= 0.6 is 0 Å². The molecule has 6 heteroatoms. The van der Waals surface area contributed by atoms with E-state index in [9.17, 15) is 8.78 Å². The van der Waals surface area contributed by atoms with Gasteiger partial charge in [-0.05, 0) is 12.1 Å². The lowest BCUT2D eigenvalue weighted by molar-refractivity contribution is -0.00344. The van der Waals surface area contributed by atoms with Gasteiger partial charge in [-0.25, -0.2) is 13.8 Å². The molecule has 2 rings (SSSR count). The van der Waals surface area contributed by atoms with Crippen LogP contribution in [-0.2, 0) is 6.54 Å². The molecule has 0 saturated heterocycles. The van der Waals surface area contributed by atoms with Gasteiger partial charge in [0.1, 0.15) is 6.10 Å². The van der Waals surface area contributed by atoms with Gasteiger partial charge in [0.15, 0.2) is 0 Å². The predicted octanol–water partition coefficient (Wildman–Crippen LogP) is 1.35. The van der Waals surface area contributed by atoms with Gasteiger partial charge in [0.05, 0.1) is 22.9 Å². The lowest BCUT2D eigenvalue weighted by Crippen LogP contribution is -2.31. The number of halogens is 2. The molecule has 4 nitrogen and oxygen atoms in total. The van der Waals surface area contributed by atoms with E-state index in [-0.39, 0.29) is 6.54 Å². The first-order chi connectivity index (χ1) is 8.66. The molecule has 1 heterocycles. The first kappa shape index (κ1) is 12.8. The van der Waals surface area contributed by atoms with Gasteiger partial charge < -0.3 is 10.4 Å². The monoisotopic (exact) mass is 253 g/mol. The Morgan fingerprint density at radius 2 is 1.94 bits per heavy atom. The van der Waals surface area contributed by atoms with Crippen LogP contribution in [0, 0.1) is 0 Å². The zero-order chi connectivity index (χ0) is 13.0. The van der Waals surface area contributed by atoms with Crippen molar-refractivity contribution in [2.24, 2.45) is 0 Å². The molecule has 2 aromatic rings. The molecule has 0 saturated carbocycles. The van der Waals surface area contributed by atoms with E-state index in [1.165, 1.54) is 0 Å². The number of hydrogen-bond acceptors (Lipinski definition) is 4. The quantitative estimate of drug-likeness (QED) is 0.844. The van der Waals surface area contributed by atoms with Crippen LogP contribution in [0.4, 0.5) is 8.78 Å². The average molecular weight is 253 g/mol. The van der Waals surface area contributed by atoms with Gasteiger partial charge in [-0.3, -0.25) is 4.98 Å². The maximum Gasteiger partial charge on any atom is 0.265 e. The minimum atomic E-state index is -2.74. The first-order valence-electron chi connectivity index (χ1n) is 5.54. The molecule has 0 radical (unpaired) electrons. The van der Waals surface area contributed by atoms with Crippen molar-refractivity contribution < 1.29 is 13.9 Å². The molecular formula is C12H13F2N3O. The molecule has 1 atom stereocenters. The Bertz CT molecular complexity index is 521. The van der Waals surface area contributed by atoms with E-state index in [1.54, 1.807) is 6.20 Å². The third-order valence-corrected chi connectivity index (χ3v) is 2.45. The summed E-state index contributed by atoms with van der Waals surface area (Å²) in [5.74, 6) is 0. The third kappa shape index (κ3) is 3.18. The second-order valence-electron chi connectivity index (χ2n) is 3.88. The molecule has 0 aliphatic rings. The van der Waals surface area contributed by atoms with Crippen LogP contribution in [0.5, 0.6) is 0 Å². The number of para-hydroxylation sites is 2. The molecule has 0 fully saturated rings. The van der Waals surface area contributed by atoms with E-state index in [0.717, 1.165) is 11.0 Å². The number of aliphatic hydroxyl groups excluding tert-OH is 1. The number of aromatic nitrogens is 2. The molecule has 18 heavy (non-hydrogen) atoms. The van der Waals surface area contributed by atoms with Crippen LogP contribution in [0.2, 0.25) is 0 Å². The summed E-state index contributed by atoms with van der Waals surface area (Å²) in [6.45, 7) is 0.119. The van der Waals surface area contributed by atoms with Gasteiger partial charge >= 0.3 is 0 Å². The molecule has 1 aromatic heterocycles. The van der Waals surface area contributed by atoms with E-state index in [4.69, 9.17) is 5.11 Å². The second kappa shape index (κ2) is 5.79. The smallest absolute Gasteiger partial charge is 0.265 e. The van der Waals surface area contributed by atoms with Crippen molar-refractivity contribution in [2.75, 3.05) is 6.54 Å². The zero-order valence-corrected chi connectivity index (χ0v) is 9.55. The lowest BCUT2D eigenvalue weighted by atomic mass is 10.3. The standard InChI is InChI=1S/C12H13F2N3O/c13-12(14)11(18)7-15-5-8-6-16-9-3-1-2-4-10(9)17-8/h1-4,6,11-12,15,18H,5,7H2. The van der Waals surface area contributed by atoms with Gasteiger partial charge in [0, 0.05) is 13.1 Å². The Morgan fingerprint density at radius 3 is 2.67 bits per heavy atom. The Morgan fingerprint density at radius 1 is 1.22 bits per heavy atom. The fourth-order valence-corrected chi connectivity index (χ4v) is 1.52. The molecule has 1 unspecified atom stereocenters. The van der Waals surface area contributed by atoms with Crippen LogP contribution in [0.1, 0.15) is 5.69 Å². The molecule has 0 aliphatic carbocycles. The maximum atomic E-state index is 12.0. The predicted molar refractivity (Wildman–Crippen MR) is 63.3 cm³/mol. The Hall–Kier alpha value is -1.66. The molecule has 0 spiro atoms. The lowest BCUT2D eigenvalue weighted by Gasteiger charge is -2.10. The molecule has 1 aromatic carbocycles. The topological polar surface area (TPSA) is 58.0 Å². The van der Waals surface area contributed by atoms with Crippen LogP contribution < -0.4 is 5.32 Å². The minimum absolute atomic E-state index is 0.174. The van der Waals surface area contributed by atoms with Gasteiger partial charge in [-0.2, -0.15) is 0 Å². The third-order valence-electron chi connectivity index (χ3n) is 2.45. The second-order valence-corrected chi connectivity index (χ2v) is 3.88. The molecule has 0 bridgehead atoms. The van der Waals surface area contributed by atoms with Crippen molar-refractivity contribution in [1.82, 2.24) is 15.3 Å². The molecular weight excluding hydrogens is 240 g/mol. The van der Waals surface area contributed by atoms with Gasteiger partial charge in [-0.15, -0.1) is 0 Å². The van der Waals surface area contributed by atoms with Crippen molar-refractivity contribution >= 4 is 11.0 Å². The van der Waals surface area contributed by atoms with Crippen LogP contribution in [0.25, 0.3) is 11.0 Å². The fraction of sp³-hybridized carbons (Fsp3) is 0.333. The number of hydrogen-bond donors (Lipinski definition) is 2. The Balaban J connectivity index is 1.96. The number of fused-ring (bicyclic) bond motifs is 1. The van der Waals surface area contributed by atoms with E-state index in [2.05, 4.69) is 15.3 Å². The van der Waals surface area contributed by atoms with Crippen molar-refractivity contribution in [3.63, 3.8) is 0 Å². The number of benzene rings is 1. The van der Waals surface area contributed by atoms with E-state index in [1.807, 2.05) is 24.3 Å². The summed E-state index contributed by atoms with van der Waals surface area (Å²) in [6, 6.07) is 7.41. The molecule has 0 aliphatic heterocycles. The van der Waals surface area contributed by atoms with Crippen LogP contribution in [0.3, 0.4) is 0 Å². The number of nitrogens with one attached hydrogen (secondary N) is 1. The number of alkyl halides is 2. The highest BCUT2D eigenvalue weighted by Gasteiger charge is 2.15. The van der Waals surface area contributed by atoms with E-state index < -0.39 is 12.5 Å². The number of rotatable bonds is 5. The summed E-state index contributed by atoms with van der Waals surface area (Å²) in [5, 5.41) is 11.6. The molecule has 2 N–H and O–H groups in total. The van der Waals surface area contributed by atoms with E-state index in [0.29, 0.717) is 12.2 Å². The van der Waals surface area contributed by atoms with Crippen LogP contribution in [0.15, 0.2) is 30.5 Å². The zero-order valence-electron chi connectivity index (χ0n) is 9.55. The van der Waals surface area contributed by atoms with Crippen LogP contribution in [-0.4, -0.2) is 34.1 Å². The Labute approximate surface area is 103 Å². The van der Waals surface area contributed by atoms with Crippen molar-refractivity contribution in [3.8, 4) is 0 Å². The summed E-state index contributed by atoms with van der Waals surface area (Å²) < 4.78 is 24.1. The van der Waals surface area contributed by atoms with Crippen molar-refractivity contribution in [2.45, 2.75) is 19.1 Å². The van der Waals surface area contributed by atoms with Crippen molar-refractivity contribution in [1.29, 1.82) is 0 Å². The summed E-state index contributed by atoms with van der Waals surface area (Å²) in [7, 11) is 0. The highest BCUT2D eigenvalue weighted by Crippen LogP contribution is 2.08. The normalized spacial score (nSPS) is 13.1.